The van der Waals surface area contributed by atoms with Crippen molar-refractivity contribution in [2.24, 2.45) is 11.8 Å². The highest BCUT2D eigenvalue weighted by Gasteiger charge is 2.26. The maximum Gasteiger partial charge on any atom is 0.255 e. The minimum Gasteiger partial charge on any atom is -0.490 e. The predicted octanol–water partition coefficient (Wildman–Crippen LogP) is 3.47. The van der Waals surface area contributed by atoms with Crippen LogP contribution in [-0.4, -0.2) is 24.2 Å². The Labute approximate surface area is 142 Å². The first kappa shape index (κ1) is 15.7. The average Bonchev–Trinajstić information content (AvgIpc) is 3.31. The monoisotopic (exact) mass is 326 g/mol. The summed E-state index contributed by atoms with van der Waals surface area (Å²) in [6.45, 7) is 2.30. The number of hydrogen-bond acceptors (Lipinski definition) is 3. The molecule has 2 fully saturated rings. The molecule has 0 radical (unpaired) electrons. The Kier molecular flexibility index (Phi) is 4.56. The van der Waals surface area contributed by atoms with Crippen LogP contribution in [-0.2, 0) is 0 Å². The zero-order valence-corrected chi connectivity index (χ0v) is 14.1. The fraction of sp³-hybridized carbons (Fsp3) is 0.550. The zero-order chi connectivity index (χ0) is 16.4. The number of rotatable bonds is 7. The lowest BCUT2D eigenvalue weighted by Gasteiger charge is -2.15. The van der Waals surface area contributed by atoms with Crippen LogP contribution in [0.15, 0.2) is 35.3 Å². The SMILES string of the molecule is O=c1[nH]ccc2cc(OC3CCC(CNCCC4CC4)C3)ccc12. The summed E-state index contributed by atoms with van der Waals surface area (Å²) in [5.41, 5.74) is -0.0442. The first-order valence-corrected chi connectivity index (χ1v) is 9.27. The number of pyridine rings is 1. The lowest BCUT2D eigenvalue weighted by molar-refractivity contribution is 0.204. The summed E-state index contributed by atoms with van der Waals surface area (Å²) in [4.78, 5) is 14.4. The van der Waals surface area contributed by atoms with E-state index in [2.05, 4.69) is 10.3 Å². The molecule has 2 aliphatic carbocycles. The molecule has 0 aliphatic heterocycles. The molecule has 0 spiro atoms. The standard InChI is InChI=1S/C20H26N2O2/c23-20-19-6-5-18(12-16(19)8-10-22-20)24-17-4-3-15(11-17)13-21-9-7-14-1-2-14/h5-6,8,10,12,14-15,17,21H,1-4,7,9,11,13H2,(H,22,23). The first-order chi connectivity index (χ1) is 11.8. The molecule has 1 aromatic heterocycles. The van der Waals surface area contributed by atoms with E-state index in [1.54, 1.807) is 6.20 Å². The molecule has 24 heavy (non-hydrogen) atoms. The largest absolute Gasteiger partial charge is 0.490 e. The van der Waals surface area contributed by atoms with Crippen LogP contribution >= 0.6 is 0 Å². The van der Waals surface area contributed by atoms with Gasteiger partial charge in [0.1, 0.15) is 5.75 Å². The van der Waals surface area contributed by atoms with E-state index in [0.717, 1.165) is 42.4 Å². The highest BCUT2D eigenvalue weighted by atomic mass is 16.5. The van der Waals surface area contributed by atoms with E-state index in [4.69, 9.17) is 4.74 Å². The minimum atomic E-state index is -0.0442. The maximum absolute atomic E-state index is 11.7. The van der Waals surface area contributed by atoms with Crippen molar-refractivity contribution in [2.75, 3.05) is 13.1 Å². The molecule has 4 heteroatoms. The van der Waals surface area contributed by atoms with Gasteiger partial charge in [0.25, 0.3) is 5.56 Å². The number of H-pyrrole nitrogens is 1. The van der Waals surface area contributed by atoms with Gasteiger partial charge in [-0.2, -0.15) is 0 Å². The van der Waals surface area contributed by atoms with Crippen molar-refractivity contribution in [3.8, 4) is 5.75 Å². The fourth-order valence-electron chi connectivity index (χ4n) is 3.78. The molecule has 0 amide bonds. The summed E-state index contributed by atoms with van der Waals surface area (Å²) in [7, 11) is 0. The van der Waals surface area contributed by atoms with E-state index in [1.807, 2.05) is 24.3 Å². The molecule has 2 aliphatic rings. The van der Waals surface area contributed by atoms with E-state index in [1.165, 1.54) is 32.2 Å². The Morgan fingerprint density at radius 1 is 1.12 bits per heavy atom. The smallest absolute Gasteiger partial charge is 0.255 e. The highest BCUT2D eigenvalue weighted by molar-refractivity contribution is 5.82. The van der Waals surface area contributed by atoms with Gasteiger partial charge < -0.3 is 15.0 Å². The molecular weight excluding hydrogens is 300 g/mol. The third kappa shape index (κ3) is 3.81. The third-order valence-electron chi connectivity index (χ3n) is 5.40. The minimum absolute atomic E-state index is 0.0442. The van der Waals surface area contributed by atoms with Gasteiger partial charge in [0.05, 0.1) is 6.10 Å². The van der Waals surface area contributed by atoms with Crippen LogP contribution in [0.1, 0.15) is 38.5 Å². The summed E-state index contributed by atoms with van der Waals surface area (Å²) in [6, 6.07) is 7.67. The average molecular weight is 326 g/mol. The van der Waals surface area contributed by atoms with Gasteiger partial charge in [-0.3, -0.25) is 4.79 Å². The second-order valence-corrected chi connectivity index (χ2v) is 7.41. The first-order valence-electron chi connectivity index (χ1n) is 9.27. The molecule has 2 aromatic rings. The molecule has 4 rings (SSSR count). The predicted molar refractivity (Wildman–Crippen MR) is 96.5 cm³/mol. The molecule has 2 saturated carbocycles. The van der Waals surface area contributed by atoms with Gasteiger partial charge in [0.2, 0.25) is 0 Å². The van der Waals surface area contributed by atoms with Gasteiger partial charge in [-0.15, -0.1) is 0 Å². The summed E-state index contributed by atoms with van der Waals surface area (Å²) >= 11 is 0. The van der Waals surface area contributed by atoms with Crippen LogP contribution in [0.4, 0.5) is 0 Å². The van der Waals surface area contributed by atoms with Crippen LogP contribution < -0.4 is 15.6 Å². The lowest BCUT2D eigenvalue weighted by atomic mass is 10.1. The van der Waals surface area contributed by atoms with E-state index >= 15 is 0 Å². The molecule has 128 valence electrons. The van der Waals surface area contributed by atoms with Crippen molar-refractivity contribution >= 4 is 10.8 Å². The van der Waals surface area contributed by atoms with Crippen molar-refractivity contribution in [1.82, 2.24) is 10.3 Å². The third-order valence-corrected chi connectivity index (χ3v) is 5.40. The molecule has 2 unspecified atom stereocenters. The molecule has 2 N–H and O–H groups in total. The van der Waals surface area contributed by atoms with Crippen LogP contribution in [0.2, 0.25) is 0 Å². The normalized spacial score (nSPS) is 23.7. The molecule has 1 aromatic carbocycles. The number of nitrogens with one attached hydrogen (secondary N) is 2. The summed E-state index contributed by atoms with van der Waals surface area (Å²) in [5, 5.41) is 5.27. The Morgan fingerprint density at radius 3 is 2.88 bits per heavy atom. The zero-order valence-electron chi connectivity index (χ0n) is 14.1. The molecule has 1 heterocycles. The molecule has 4 nitrogen and oxygen atoms in total. The van der Waals surface area contributed by atoms with Gasteiger partial charge in [-0.25, -0.2) is 0 Å². The van der Waals surface area contributed by atoms with Crippen LogP contribution in [0.5, 0.6) is 5.75 Å². The van der Waals surface area contributed by atoms with E-state index < -0.39 is 0 Å². The second-order valence-electron chi connectivity index (χ2n) is 7.41. The number of benzene rings is 1. The molecular formula is C20H26N2O2. The van der Waals surface area contributed by atoms with Crippen molar-refractivity contribution in [3.63, 3.8) is 0 Å². The van der Waals surface area contributed by atoms with E-state index in [0.29, 0.717) is 11.5 Å². The van der Waals surface area contributed by atoms with Crippen LogP contribution in [0, 0.1) is 11.8 Å². The van der Waals surface area contributed by atoms with E-state index in [9.17, 15) is 4.79 Å². The number of fused-ring (bicyclic) bond motifs is 1. The van der Waals surface area contributed by atoms with Gasteiger partial charge in [-0.1, -0.05) is 12.8 Å². The number of ether oxygens (including phenoxy) is 1. The Hall–Kier alpha value is -1.81. The summed E-state index contributed by atoms with van der Waals surface area (Å²) < 4.78 is 6.17. The van der Waals surface area contributed by atoms with Crippen molar-refractivity contribution in [1.29, 1.82) is 0 Å². The Balaban J connectivity index is 1.28. The molecule has 2 atom stereocenters. The van der Waals surface area contributed by atoms with Crippen molar-refractivity contribution < 1.29 is 4.74 Å². The molecule has 0 bridgehead atoms. The highest BCUT2D eigenvalue weighted by Crippen LogP contribution is 2.32. The van der Waals surface area contributed by atoms with E-state index in [-0.39, 0.29) is 5.56 Å². The quantitative estimate of drug-likeness (QED) is 0.766. The Morgan fingerprint density at radius 2 is 2.00 bits per heavy atom. The van der Waals surface area contributed by atoms with Gasteiger partial charge in [0.15, 0.2) is 0 Å². The summed E-state index contributed by atoms with van der Waals surface area (Å²) in [5.74, 6) is 2.62. The Bertz CT molecular complexity index is 751. The lowest BCUT2D eigenvalue weighted by Crippen LogP contribution is -2.23. The van der Waals surface area contributed by atoms with Gasteiger partial charge >= 0.3 is 0 Å². The van der Waals surface area contributed by atoms with Gasteiger partial charge in [0, 0.05) is 11.6 Å². The van der Waals surface area contributed by atoms with Crippen LogP contribution in [0.3, 0.4) is 0 Å². The summed E-state index contributed by atoms with van der Waals surface area (Å²) in [6.07, 6.45) is 9.73. The fourth-order valence-corrected chi connectivity index (χ4v) is 3.78. The number of hydrogen-bond donors (Lipinski definition) is 2. The molecule has 0 saturated heterocycles. The van der Waals surface area contributed by atoms with Gasteiger partial charge in [-0.05, 0) is 80.3 Å². The van der Waals surface area contributed by atoms with Crippen molar-refractivity contribution in [2.45, 2.75) is 44.6 Å². The number of aromatic nitrogens is 1. The number of aromatic amines is 1. The van der Waals surface area contributed by atoms with Crippen LogP contribution in [0.25, 0.3) is 10.8 Å². The topological polar surface area (TPSA) is 54.1 Å². The van der Waals surface area contributed by atoms with Crippen molar-refractivity contribution in [3.05, 3.63) is 40.8 Å². The maximum atomic E-state index is 11.7. The second kappa shape index (κ2) is 6.98.